The van der Waals surface area contributed by atoms with Gasteiger partial charge in [0, 0.05) is 18.3 Å². The van der Waals surface area contributed by atoms with Gasteiger partial charge in [-0.05, 0) is 47.0 Å². The van der Waals surface area contributed by atoms with E-state index >= 15 is 0 Å². The van der Waals surface area contributed by atoms with Crippen LogP contribution in [-0.4, -0.2) is 10.9 Å². The minimum absolute atomic E-state index is 0.0968. The van der Waals surface area contributed by atoms with Gasteiger partial charge in [0.1, 0.15) is 0 Å². The van der Waals surface area contributed by atoms with Crippen LogP contribution in [-0.2, 0) is 12.7 Å². The van der Waals surface area contributed by atoms with E-state index < -0.39 is 23.6 Å². The van der Waals surface area contributed by atoms with Crippen molar-refractivity contribution in [2.75, 3.05) is 0 Å². The van der Waals surface area contributed by atoms with E-state index in [1.807, 2.05) is 0 Å². The molecule has 0 aliphatic heterocycles. The van der Waals surface area contributed by atoms with Crippen LogP contribution >= 0.6 is 0 Å². The van der Waals surface area contributed by atoms with Gasteiger partial charge in [0.2, 0.25) is 5.95 Å². The van der Waals surface area contributed by atoms with E-state index in [9.17, 15) is 22.4 Å². The van der Waals surface area contributed by atoms with E-state index in [4.69, 9.17) is 0 Å². The van der Waals surface area contributed by atoms with Crippen LogP contribution in [0.3, 0.4) is 0 Å². The number of pyridine rings is 1. The lowest BCUT2D eigenvalue weighted by Gasteiger charge is -2.12. The molecule has 3 rings (SSSR count). The molecule has 0 saturated carbocycles. The van der Waals surface area contributed by atoms with Gasteiger partial charge < -0.3 is 5.32 Å². The highest BCUT2D eigenvalue weighted by molar-refractivity contribution is 6.00. The summed E-state index contributed by atoms with van der Waals surface area (Å²) >= 11 is 0. The molecule has 0 aliphatic rings. The Labute approximate surface area is 152 Å². The van der Waals surface area contributed by atoms with Crippen LogP contribution in [0.1, 0.15) is 21.5 Å². The Kier molecular flexibility index (Phi) is 5.21. The number of alkyl halides is 3. The molecule has 0 aliphatic carbocycles. The summed E-state index contributed by atoms with van der Waals surface area (Å²) in [7, 11) is 0. The van der Waals surface area contributed by atoms with Gasteiger partial charge in [-0.2, -0.15) is 17.6 Å². The highest BCUT2D eigenvalue weighted by Crippen LogP contribution is 2.31. The number of amides is 1. The largest absolute Gasteiger partial charge is 0.416 e. The second kappa shape index (κ2) is 7.57. The summed E-state index contributed by atoms with van der Waals surface area (Å²) in [6, 6.07) is 14.0. The first-order valence-corrected chi connectivity index (χ1v) is 8.00. The fourth-order valence-electron chi connectivity index (χ4n) is 2.60. The molecule has 7 heteroatoms. The van der Waals surface area contributed by atoms with Gasteiger partial charge in [0.15, 0.2) is 0 Å². The molecule has 0 atom stereocenters. The van der Waals surface area contributed by atoms with Crippen molar-refractivity contribution in [3.63, 3.8) is 0 Å². The van der Waals surface area contributed by atoms with Crippen molar-refractivity contribution in [1.82, 2.24) is 10.3 Å². The van der Waals surface area contributed by atoms with Crippen LogP contribution in [0, 0.1) is 5.95 Å². The van der Waals surface area contributed by atoms with Gasteiger partial charge in [-0.1, -0.05) is 30.3 Å². The SMILES string of the molecule is O=C(NCc1ccnc(F)c1)c1ccccc1-c1ccc(C(F)(F)F)cc1. The molecule has 0 radical (unpaired) electrons. The van der Waals surface area contributed by atoms with Crippen molar-refractivity contribution in [1.29, 1.82) is 0 Å². The van der Waals surface area contributed by atoms with Crippen molar-refractivity contribution in [2.45, 2.75) is 12.7 Å². The van der Waals surface area contributed by atoms with Crippen molar-refractivity contribution >= 4 is 5.91 Å². The monoisotopic (exact) mass is 374 g/mol. The van der Waals surface area contributed by atoms with Gasteiger partial charge in [-0.3, -0.25) is 4.79 Å². The number of rotatable bonds is 4. The van der Waals surface area contributed by atoms with Crippen LogP contribution in [0.2, 0.25) is 0 Å². The van der Waals surface area contributed by atoms with Crippen LogP contribution in [0.5, 0.6) is 0 Å². The lowest BCUT2D eigenvalue weighted by Crippen LogP contribution is -2.23. The first-order valence-electron chi connectivity index (χ1n) is 8.00. The Bertz CT molecular complexity index is 953. The Balaban J connectivity index is 1.82. The number of hydrogen-bond acceptors (Lipinski definition) is 2. The molecule has 0 unspecified atom stereocenters. The Hall–Kier alpha value is -3.22. The standard InChI is InChI=1S/C20H14F4N2O/c21-18-11-13(9-10-25-18)12-26-19(27)17-4-2-1-3-16(17)14-5-7-15(8-6-14)20(22,23)24/h1-11H,12H2,(H,26,27). The minimum atomic E-state index is -4.42. The lowest BCUT2D eigenvalue weighted by molar-refractivity contribution is -0.137. The third-order valence-corrected chi connectivity index (χ3v) is 3.94. The normalized spacial score (nSPS) is 11.3. The van der Waals surface area contributed by atoms with Gasteiger partial charge in [-0.15, -0.1) is 0 Å². The molecule has 138 valence electrons. The zero-order chi connectivity index (χ0) is 19.4. The summed E-state index contributed by atoms with van der Waals surface area (Å²) in [5.74, 6) is -1.06. The first kappa shape index (κ1) is 18.6. The van der Waals surface area contributed by atoms with Gasteiger partial charge in [-0.25, -0.2) is 4.98 Å². The van der Waals surface area contributed by atoms with E-state index in [0.29, 0.717) is 22.3 Å². The Morgan fingerprint density at radius 1 is 1.00 bits per heavy atom. The maximum atomic E-state index is 13.1. The number of benzene rings is 2. The molecule has 0 fully saturated rings. The van der Waals surface area contributed by atoms with Crippen LogP contribution in [0.15, 0.2) is 66.9 Å². The number of carbonyl (C=O) groups is 1. The van der Waals surface area contributed by atoms with Gasteiger partial charge in [0.25, 0.3) is 5.91 Å². The number of nitrogens with one attached hydrogen (secondary N) is 1. The molecule has 2 aromatic carbocycles. The van der Waals surface area contributed by atoms with Crippen molar-refractivity contribution in [2.24, 2.45) is 0 Å². The zero-order valence-electron chi connectivity index (χ0n) is 13.9. The molecule has 0 spiro atoms. The maximum absolute atomic E-state index is 13.1. The Morgan fingerprint density at radius 2 is 1.70 bits per heavy atom. The second-order valence-electron chi connectivity index (χ2n) is 5.79. The van der Waals surface area contributed by atoms with Crippen LogP contribution in [0.25, 0.3) is 11.1 Å². The summed E-state index contributed by atoms with van der Waals surface area (Å²) in [6.45, 7) is 0.0968. The van der Waals surface area contributed by atoms with E-state index in [0.717, 1.165) is 12.1 Å². The molecule has 1 aromatic heterocycles. The van der Waals surface area contributed by atoms with E-state index in [-0.39, 0.29) is 6.54 Å². The smallest absolute Gasteiger partial charge is 0.348 e. The summed E-state index contributed by atoms with van der Waals surface area (Å²) in [4.78, 5) is 16.0. The van der Waals surface area contributed by atoms with Crippen molar-refractivity contribution in [3.05, 3.63) is 89.5 Å². The Morgan fingerprint density at radius 3 is 2.37 bits per heavy atom. The molecular formula is C20H14F4N2O. The topological polar surface area (TPSA) is 42.0 Å². The van der Waals surface area contributed by atoms with E-state index in [1.54, 1.807) is 30.3 Å². The molecular weight excluding hydrogens is 360 g/mol. The second-order valence-corrected chi connectivity index (χ2v) is 5.79. The van der Waals surface area contributed by atoms with Crippen LogP contribution in [0.4, 0.5) is 17.6 Å². The highest BCUT2D eigenvalue weighted by Gasteiger charge is 2.30. The fraction of sp³-hybridized carbons (Fsp3) is 0.100. The van der Waals surface area contributed by atoms with Crippen molar-refractivity contribution < 1.29 is 22.4 Å². The molecule has 1 amide bonds. The van der Waals surface area contributed by atoms with E-state index in [1.165, 1.54) is 24.4 Å². The van der Waals surface area contributed by atoms with E-state index in [2.05, 4.69) is 10.3 Å². The molecule has 0 saturated heterocycles. The predicted octanol–water partition coefficient (Wildman–Crippen LogP) is 4.84. The minimum Gasteiger partial charge on any atom is -0.348 e. The first-order chi connectivity index (χ1) is 12.8. The van der Waals surface area contributed by atoms with Gasteiger partial charge >= 0.3 is 6.18 Å². The zero-order valence-corrected chi connectivity index (χ0v) is 13.9. The third kappa shape index (κ3) is 4.49. The summed E-state index contributed by atoms with van der Waals surface area (Å²) < 4.78 is 51.3. The van der Waals surface area contributed by atoms with Crippen LogP contribution < -0.4 is 5.32 Å². The fourth-order valence-corrected chi connectivity index (χ4v) is 2.60. The average Bonchev–Trinajstić information content (AvgIpc) is 2.65. The molecule has 1 N–H and O–H groups in total. The molecule has 3 aromatic rings. The summed E-state index contributed by atoms with van der Waals surface area (Å²) in [6.07, 6.45) is -3.12. The average molecular weight is 374 g/mol. The number of nitrogens with zero attached hydrogens (tertiary/aromatic N) is 1. The molecule has 0 bridgehead atoms. The van der Waals surface area contributed by atoms with Gasteiger partial charge in [0.05, 0.1) is 5.56 Å². The number of aromatic nitrogens is 1. The van der Waals surface area contributed by atoms with Crippen molar-refractivity contribution in [3.8, 4) is 11.1 Å². The number of carbonyl (C=O) groups excluding carboxylic acids is 1. The maximum Gasteiger partial charge on any atom is 0.416 e. The number of halogens is 4. The molecule has 1 heterocycles. The molecule has 3 nitrogen and oxygen atoms in total. The summed E-state index contributed by atoms with van der Waals surface area (Å²) in [5, 5.41) is 2.67. The third-order valence-electron chi connectivity index (χ3n) is 3.94. The number of hydrogen-bond donors (Lipinski definition) is 1. The quantitative estimate of drug-likeness (QED) is 0.525. The lowest BCUT2D eigenvalue weighted by atomic mass is 9.98. The molecule has 27 heavy (non-hydrogen) atoms. The predicted molar refractivity (Wildman–Crippen MR) is 92.2 cm³/mol. The highest BCUT2D eigenvalue weighted by atomic mass is 19.4. The summed E-state index contributed by atoms with van der Waals surface area (Å²) in [5.41, 5.74) is 1.09.